The maximum Gasteiger partial charge on any atom is 0.264 e. The lowest BCUT2D eigenvalue weighted by Crippen LogP contribution is -2.52. The van der Waals surface area contributed by atoms with Crippen molar-refractivity contribution >= 4 is 50.7 Å². The normalized spacial score (nSPS) is 12.7. The highest BCUT2D eigenvalue weighted by molar-refractivity contribution is 7.92. The molecule has 2 amide bonds. The predicted molar refractivity (Wildman–Crippen MR) is 174 cm³/mol. The molecule has 0 bridgehead atoms. The summed E-state index contributed by atoms with van der Waals surface area (Å²) in [7, 11) is -1.46. The SMILES string of the molecule is CC[C@@H](C)NC(=O)[C@@H](C)N(Cc1ccc(Cl)c(Cl)c1)C(=O)CN(c1cc(C)cc(C)c1)S(=O)(=O)c1ccc(OC)c(OC)c1. The summed E-state index contributed by atoms with van der Waals surface area (Å²) < 4.78 is 40.2. The number of methoxy groups -OCH3 is 2. The van der Waals surface area contributed by atoms with E-state index in [0.717, 1.165) is 15.4 Å². The maximum atomic E-state index is 14.3. The molecule has 3 aromatic carbocycles. The summed E-state index contributed by atoms with van der Waals surface area (Å²) >= 11 is 12.4. The number of nitrogens with one attached hydrogen (secondary N) is 1. The molecule has 0 saturated carbocycles. The smallest absolute Gasteiger partial charge is 0.264 e. The number of carbonyl (C=O) groups excluding carboxylic acids is 2. The summed E-state index contributed by atoms with van der Waals surface area (Å²) in [5, 5.41) is 3.55. The molecule has 0 heterocycles. The van der Waals surface area contributed by atoms with Crippen LogP contribution < -0.4 is 19.1 Å². The number of benzene rings is 3. The van der Waals surface area contributed by atoms with Crippen LogP contribution in [0.25, 0.3) is 0 Å². The Labute approximate surface area is 270 Å². The van der Waals surface area contributed by atoms with Gasteiger partial charge in [0.25, 0.3) is 10.0 Å². The zero-order valence-corrected chi connectivity index (χ0v) is 28.3. The lowest BCUT2D eigenvalue weighted by molar-refractivity contribution is -0.139. The Kier molecular flexibility index (Phi) is 11.9. The fraction of sp³-hybridized carbons (Fsp3) is 0.375. The molecule has 3 rings (SSSR count). The van der Waals surface area contributed by atoms with Gasteiger partial charge < -0.3 is 19.7 Å². The van der Waals surface area contributed by atoms with Gasteiger partial charge in [0.15, 0.2) is 11.5 Å². The van der Waals surface area contributed by atoms with Crippen LogP contribution in [0.15, 0.2) is 59.5 Å². The number of sulfonamides is 1. The summed E-state index contributed by atoms with van der Waals surface area (Å²) in [6, 6.07) is 13.4. The number of rotatable bonds is 13. The first kappa shape index (κ1) is 35.0. The Morgan fingerprint density at radius 3 is 2.09 bits per heavy atom. The van der Waals surface area contributed by atoms with E-state index in [9.17, 15) is 18.0 Å². The van der Waals surface area contributed by atoms with Crippen molar-refractivity contribution in [2.75, 3.05) is 25.1 Å². The van der Waals surface area contributed by atoms with E-state index in [2.05, 4.69) is 5.32 Å². The predicted octanol–water partition coefficient (Wildman–Crippen LogP) is 6.15. The number of anilines is 1. The molecule has 3 aromatic rings. The van der Waals surface area contributed by atoms with Crippen LogP contribution in [-0.2, 0) is 26.2 Å². The minimum Gasteiger partial charge on any atom is -0.493 e. The summed E-state index contributed by atoms with van der Waals surface area (Å²) in [5.41, 5.74) is 2.55. The van der Waals surface area contributed by atoms with Crippen molar-refractivity contribution in [3.8, 4) is 11.5 Å². The lowest BCUT2D eigenvalue weighted by Gasteiger charge is -2.32. The van der Waals surface area contributed by atoms with E-state index in [1.807, 2.05) is 33.8 Å². The van der Waals surface area contributed by atoms with E-state index in [4.69, 9.17) is 32.7 Å². The molecule has 12 heteroatoms. The third-order valence-corrected chi connectivity index (χ3v) is 9.73. The molecule has 2 atom stereocenters. The highest BCUT2D eigenvalue weighted by Gasteiger charge is 2.33. The Morgan fingerprint density at radius 2 is 1.52 bits per heavy atom. The second kappa shape index (κ2) is 15.0. The van der Waals surface area contributed by atoms with Crippen LogP contribution in [0, 0.1) is 13.8 Å². The minimum atomic E-state index is -4.32. The Balaban J connectivity index is 2.12. The second-order valence-corrected chi connectivity index (χ2v) is 13.3. The molecule has 1 N–H and O–H groups in total. The van der Waals surface area contributed by atoms with Gasteiger partial charge in [0.2, 0.25) is 11.8 Å². The molecule has 0 aromatic heterocycles. The number of ether oxygens (including phenoxy) is 2. The topological polar surface area (TPSA) is 105 Å². The molecule has 0 fully saturated rings. The lowest BCUT2D eigenvalue weighted by atomic mass is 10.1. The largest absolute Gasteiger partial charge is 0.493 e. The third-order valence-electron chi connectivity index (χ3n) is 7.22. The van der Waals surface area contributed by atoms with E-state index in [0.29, 0.717) is 33.5 Å². The average molecular weight is 665 g/mol. The fourth-order valence-electron chi connectivity index (χ4n) is 4.61. The van der Waals surface area contributed by atoms with Gasteiger partial charge in [0.05, 0.1) is 34.8 Å². The first-order chi connectivity index (χ1) is 20.7. The van der Waals surface area contributed by atoms with Crippen molar-refractivity contribution in [2.45, 2.75) is 64.6 Å². The van der Waals surface area contributed by atoms with Crippen LogP contribution in [-0.4, -0.2) is 58.0 Å². The van der Waals surface area contributed by atoms with Crippen LogP contribution >= 0.6 is 23.2 Å². The van der Waals surface area contributed by atoms with E-state index < -0.39 is 28.5 Å². The standard InChI is InChI=1S/C32H39Cl2N3O6S/c1-8-22(4)35-32(39)23(5)36(18-24-9-11-27(33)28(34)16-24)31(38)19-37(25-14-20(2)13-21(3)15-25)44(40,41)26-10-12-29(42-6)30(17-26)43-7/h9-17,22-23H,8,18-19H2,1-7H3,(H,35,39)/t22-,23-/m1/s1. The summed E-state index contributed by atoms with van der Waals surface area (Å²) in [5.74, 6) is -0.383. The van der Waals surface area contributed by atoms with Gasteiger partial charge in [0, 0.05) is 18.7 Å². The average Bonchev–Trinajstić information content (AvgIpc) is 2.98. The number of amides is 2. The molecular formula is C32H39Cl2N3O6S. The van der Waals surface area contributed by atoms with Crippen molar-refractivity contribution < 1.29 is 27.5 Å². The van der Waals surface area contributed by atoms with Crippen molar-refractivity contribution in [1.82, 2.24) is 10.2 Å². The second-order valence-electron chi connectivity index (χ2n) is 10.6. The molecule has 0 aliphatic carbocycles. The van der Waals surface area contributed by atoms with Crippen LogP contribution in [0.4, 0.5) is 5.69 Å². The first-order valence-corrected chi connectivity index (χ1v) is 16.3. The summed E-state index contributed by atoms with van der Waals surface area (Å²) in [6.07, 6.45) is 0.698. The number of halogens is 2. The minimum absolute atomic E-state index is 0.0120. The Hall–Kier alpha value is -3.47. The quantitative estimate of drug-likeness (QED) is 0.235. The van der Waals surface area contributed by atoms with E-state index in [-0.39, 0.29) is 29.1 Å². The van der Waals surface area contributed by atoms with Crippen molar-refractivity contribution in [3.63, 3.8) is 0 Å². The van der Waals surface area contributed by atoms with Crippen LogP contribution in [0.2, 0.25) is 10.0 Å². The highest BCUT2D eigenvalue weighted by atomic mass is 35.5. The monoisotopic (exact) mass is 663 g/mol. The summed E-state index contributed by atoms with van der Waals surface area (Å²) in [4.78, 5) is 28.7. The number of hydrogen-bond donors (Lipinski definition) is 1. The molecule has 0 spiro atoms. The first-order valence-electron chi connectivity index (χ1n) is 14.1. The van der Waals surface area contributed by atoms with Gasteiger partial charge in [-0.2, -0.15) is 0 Å². The van der Waals surface area contributed by atoms with Gasteiger partial charge in [-0.3, -0.25) is 13.9 Å². The molecule has 0 radical (unpaired) electrons. The van der Waals surface area contributed by atoms with Crippen molar-refractivity contribution in [2.24, 2.45) is 0 Å². The van der Waals surface area contributed by atoms with E-state index in [1.54, 1.807) is 37.3 Å². The van der Waals surface area contributed by atoms with Crippen LogP contribution in [0.3, 0.4) is 0 Å². The van der Waals surface area contributed by atoms with Gasteiger partial charge in [-0.25, -0.2) is 8.42 Å². The number of carbonyl (C=O) groups is 2. The van der Waals surface area contributed by atoms with E-state index in [1.165, 1.54) is 37.3 Å². The van der Waals surface area contributed by atoms with Crippen LogP contribution in [0.5, 0.6) is 11.5 Å². The van der Waals surface area contributed by atoms with Gasteiger partial charge in [-0.05, 0) is 87.2 Å². The van der Waals surface area contributed by atoms with Crippen LogP contribution in [0.1, 0.15) is 43.9 Å². The van der Waals surface area contributed by atoms with Gasteiger partial charge in [-0.15, -0.1) is 0 Å². The maximum absolute atomic E-state index is 14.3. The van der Waals surface area contributed by atoms with Gasteiger partial charge in [-0.1, -0.05) is 42.3 Å². The number of aryl methyl sites for hydroxylation is 2. The van der Waals surface area contributed by atoms with Gasteiger partial charge >= 0.3 is 0 Å². The molecule has 238 valence electrons. The highest BCUT2D eigenvalue weighted by Crippen LogP contribution is 2.33. The van der Waals surface area contributed by atoms with Crippen molar-refractivity contribution in [3.05, 3.63) is 81.3 Å². The third kappa shape index (κ3) is 8.37. The zero-order chi connectivity index (χ0) is 32.8. The summed E-state index contributed by atoms with van der Waals surface area (Å²) in [6.45, 7) is 8.51. The number of nitrogens with zero attached hydrogens (tertiary/aromatic N) is 2. The molecule has 0 unspecified atom stereocenters. The van der Waals surface area contributed by atoms with Gasteiger partial charge in [0.1, 0.15) is 12.6 Å². The zero-order valence-electron chi connectivity index (χ0n) is 26.0. The van der Waals surface area contributed by atoms with E-state index >= 15 is 0 Å². The molecule has 0 aliphatic heterocycles. The Morgan fingerprint density at radius 1 is 0.886 bits per heavy atom. The molecule has 9 nitrogen and oxygen atoms in total. The fourth-order valence-corrected chi connectivity index (χ4v) is 6.34. The molecule has 0 aliphatic rings. The molecule has 0 saturated heterocycles. The molecular weight excluding hydrogens is 625 g/mol. The molecule has 44 heavy (non-hydrogen) atoms. The Bertz CT molecular complexity index is 1600. The van der Waals surface area contributed by atoms with Crippen molar-refractivity contribution in [1.29, 1.82) is 0 Å². The number of hydrogen-bond acceptors (Lipinski definition) is 6.